The highest BCUT2D eigenvalue weighted by Crippen LogP contribution is 2.41. The van der Waals surface area contributed by atoms with Gasteiger partial charge in [-0.25, -0.2) is 4.79 Å². The van der Waals surface area contributed by atoms with Crippen LogP contribution in [0.25, 0.3) is 0 Å². The van der Waals surface area contributed by atoms with Gasteiger partial charge in [0.05, 0.1) is 43.0 Å². The average molecular weight is 642 g/mol. The van der Waals surface area contributed by atoms with Gasteiger partial charge in [0.25, 0.3) is 5.91 Å². The van der Waals surface area contributed by atoms with Crippen LogP contribution in [-0.4, -0.2) is 95.5 Å². The number of thioether (sulfide) groups is 1. The van der Waals surface area contributed by atoms with Gasteiger partial charge in [0.1, 0.15) is 10.7 Å². The number of ether oxygens (including phenoxy) is 2. The molecule has 3 aromatic rings. The zero-order chi connectivity index (χ0) is 31.2. The van der Waals surface area contributed by atoms with Crippen LogP contribution in [0, 0.1) is 0 Å². The number of amides is 1. The number of nitrogens with two attached hydrogens (primary N) is 1. The number of carboxylic acid groups (broad SMARTS) is 1. The first-order valence-corrected chi connectivity index (χ1v) is 15.9. The molecule has 0 saturated carbocycles. The van der Waals surface area contributed by atoms with Crippen molar-refractivity contribution in [2.45, 2.75) is 36.1 Å². The van der Waals surface area contributed by atoms with Crippen molar-refractivity contribution in [3.05, 3.63) is 75.4 Å². The van der Waals surface area contributed by atoms with E-state index in [9.17, 15) is 19.5 Å². The molecule has 0 spiro atoms. The van der Waals surface area contributed by atoms with Crippen LogP contribution in [0.1, 0.15) is 56.3 Å². The van der Waals surface area contributed by atoms with Gasteiger partial charge in [-0.15, -0.1) is 0 Å². The third-order valence-electron chi connectivity index (χ3n) is 7.94. The molecule has 3 N–H and O–H groups in total. The number of aromatic nitrogens is 2. The molecule has 1 unspecified atom stereocenters. The molecule has 1 atom stereocenters. The molecule has 0 aliphatic carbocycles. The van der Waals surface area contributed by atoms with Crippen LogP contribution in [0.3, 0.4) is 0 Å². The number of carbonyl (C=O) groups is 3. The smallest absolute Gasteiger partial charge is 0.337 e. The number of halogens is 1. The van der Waals surface area contributed by atoms with Gasteiger partial charge >= 0.3 is 5.97 Å². The number of hydrogen-bond donors (Lipinski definition) is 2. The molecule has 44 heavy (non-hydrogen) atoms. The number of benzene rings is 2. The van der Waals surface area contributed by atoms with E-state index in [0.29, 0.717) is 61.6 Å². The topological polar surface area (TPSA) is 140 Å². The van der Waals surface area contributed by atoms with E-state index in [1.807, 2.05) is 29.2 Å². The Balaban J connectivity index is 1.47. The lowest BCUT2D eigenvalue weighted by Crippen LogP contribution is -2.47. The zero-order valence-electron chi connectivity index (χ0n) is 24.5. The predicted molar refractivity (Wildman–Crippen MR) is 167 cm³/mol. The van der Waals surface area contributed by atoms with Crippen molar-refractivity contribution < 1.29 is 29.0 Å². The van der Waals surface area contributed by atoms with Crippen molar-refractivity contribution in [2.24, 2.45) is 5.73 Å². The maximum Gasteiger partial charge on any atom is 0.337 e. The Hall–Kier alpha value is -3.42. The van der Waals surface area contributed by atoms with Crippen molar-refractivity contribution in [1.29, 1.82) is 0 Å². The van der Waals surface area contributed by atoms with E-state index in [-0.39, 0.29) is 28.0 Å². The Morgan fingerprint density at radius 2 is 1.80 bits per heavy atom. The van der Waals surface area contributed by atoms with E-state index in [0.717, 1.165) is 37.1 Å². The van der Waals surface area contributed by atoms with Gasteiger partial charge in [-0.1, -0.05) is 53.7 Å². The van der Waals surface area contributed by atoms with Crippen molar-refractivity contribution in [3.63, 3.8) is 0 Å². The normalized spacial score (nSPS) is 17.4. The first-order chi connectivity index (χ1) is 21.3. The number of hydrogen-bond acceptors (Lipinski definition) is 9. The molecule has 0 radical (unpaired) electrons. The predicted octanol–water partition coefficient (Wildman–Crippen LogP) is 3.72. The number of piperidine rings is 1. The van der Waals surface area contributed by atoms with Crippen LogP contribution in [0.5, 0.6) is 5.75 Å². The number of morpholine rings is 1. The molecule has 1 amide bonds. The van der Waals surface area contributed by atoms with Gasteiger partial charge in [-0.2, -0.15) is 9.78 Å². The third kappa shape index (κ3) is 7.10. The molecule has 2 aliphatic rings. The van der Waals surface area contributed by atoms with E-state index in [1.165, 1.54) is 41.8 Å². The standard InChI is InChI=1S/C31H36ClN5O6S/c1-42-28-27(22-4-3-11-36(17-22)25(38)18-35-12-14-43-15-13-35)34-37(29(39)23-5-2-6-24(26(23)32)31(40)41)30(28)44-19-21-9-7-20(16-33)8-10-21/h2,5-10,22H,3-4,11-19,33H2,1H3,(H,40,41). The van der Waals surface area contributed by atoms with Gasteiger partial charge in [-0.3, -0.25) is 14.5 Å². The highest BCUT2D eigenvalue weighted by Gasteiger charge is 2.34. The molecule has 3 heterocycles. The number of nitrogens with zero attached hydrogens (tertiary/aromatic N) is 4. The number of likely N-dealkylation sites (tertiary alicyclic amines) is 1. The van der Waals surface area contributed by atoms with E-state index in [2.05, 4.69) is 4.90 Å². The lowest BCUT2D eigenvalue weighted by atomic mass is 9.94. The Morgan fingerprint density at radius 3 is 2.48 bits per heavy atom. The summed E-state index contributed by atoms with van der Waals surface area (Å²) in [5.74, 6) is -0.941. The van der Waals surface area contributed by atoms with Crippen LogP contribution in [0.2, 0.25) is 5.02 Å². The Labute approximate surface area is 265 Å². The van der Waals surface area contributed by atoms with Crippen LogP contribution in [-0.2, 0) is 21.8 Å². The highest BCUT2D eigenvalue weighted by molar-refractivity contribution is 7.98. The fraction of sp³-hybridized carbons (Fsp3) is 0.419. The quantitative estimate of drug-likeness (QED) is 0.315. The van der Waals surface area contributed by atoms with Crippen molar-refractivity contribution in [3.8, 4) is 5.75 Å². The molecule has 11 nitrogen and oxygen atoms in total. The lowest BCUT2D eigenvalue weighted by Gasteiger charge is -2.34. The molecular weight excluding hydrogens is 606 g/mol. The highest BCUT2D eigenvalue weighted by atomic mass is 35.5. The minimum absolute atomic E-state index is 0.0170. The summed E-state index contributed by atoms with van der Waals surface area (Å²) in [6.07, 6.45) is 1.55. The second kappa shape index (κ2) is 14.6. The summed E-state index contributed by atoms with van der Waals surface area (Å²) in [5, 5.41) is 14.7. The molecule has 234 valence electrons. The first-order valence-electron chi connectivity index (χ1n) is 14.5. The Morgan fingerprint density at radius 1 is 1.09 bits per heavy atom. The maximum absolute atomic E-state index is 14.0. The summed E-state index contributed by atoms with van der Waals surface area (Å²) >= 11 is 7.80. The third-order valence-corrected chi connectivity index (χ3v) is 9.46. The number of methoxy groups -OCH3 is 1. The Kier molecular flexibility index (Phi) is 10.6. The molecule has 2 saturated heterocycles. The van der Waals surface area contributed by atoms with Crippen LogP contribution in [0.4, 0.5) is 0 Å². The van der Waals surface area contributed by atoms with Crippen molar-refractivity contribution in [2.75, 3.05) is 53.0 Å². The summed E-state index contributed by atoms with van der Waals surface area (Å²) in [6.45, 7) is 4.57. The molecule has 0 bridgehead atoms. The fourth-order valence-corrected chi connectivity index (χ4v) is 6.85. The summed E-state index contributed by atoms with van der Waals surface area (Å²) in [5.41, 5.74) is 8.20. The Bertz CT molecular complexity index is 1510. The van der Waals surface area contributed by atoms with E-state index >= 15 is 0 Å². The molecule has 2 fully saturated rings. The molecular formula is C31H36ClN5O6S. The summed E-state index contributed by atoms with van der Waals surface area (Å²) in [7, 11) is 1.54. The second-order valence-electron chi connectivity index (χ2n) is 10.8. The van der Waals surface area contributed by atoms with Crippen molar-refractivity contribution in [1.82, 2.24) is 19.6 Å². The largest absolute Gasteiger partial charge is 0.492 e. The van der Waals surface area contributed by atoms with Gasteiger partial charge in [0.2, 0.25) is 5.91 Å². The SMILES string of the molecule is COc1c(C2CCCN(C(=O)CN3CCOCC3)C2)nn(C(=O)c2cccc(C(=O)O)c2Cl)c1SCc1ccc(CN)cc1. The zero-order valence-corrected chi connectivity index (χ0v) is 26.1. The minimum atomic E-state index is -1.23. The summed E-state index contributed by atoms with van der Waals surface area (Å²) in [4.78, 5) is 42.9. The van der Waals surface area contributed by atoms with E-state index < -0.39 is 11.9 Å². The first kappa shape index (κ1) is 32.0. The van der Waals surface area contributed by atoms with Gasteiger partial charge in [0.15, 0.2) is 5.75 Å². The van der Waals surface area contributed by atoms with Crippen LogP contribution in [0.15, 0.2) is 47.5 Å². The average Bonchev–Trinajstić information content (AvgIpc) is 3.42. The summed E-state index contributed by atoms with van der Waals surface area (Å²) < 4.78 is 12.6. The molecule has 13 heteroatoms. The molecule has 2 aromatic carbocycles. The van der Waals surface area contributed by atoms with Crippen molar-refractivity contribution >= 4 is 41.1 Å². The van der Waals surface area contributed by atoms with Gasteiger partial charge in [-0.05, 0) is 36.1 Å². The van der Waals surface area contributed by atoms with Gasteiger partial charge < -0.3 is 25.2 Å². The van der Waals surface area contributed by atoms with E-state index in [4.69, 9.17) is 31.9 Å². The molecule has 2 aliphatic heterocycles. The van der Waals surface area contributed by atoms with Crippen LogP contribution < -0.4 is 10.5 Å². The monoisotopic (exact) mass is 641 g/mol. The van der Waals surface area contributed by atoms with Crippen LogP contribution >= 0.6 is 23.4 Å². The number of rotatable bonds is 10. The van der Waals surface area contributed by atoms with Gasteiger partial charge in [0, 0.05) is 44.4 Å². The van der Waals surface area contributed by atoms with E-state index in [1.54, 1.807) is 0 Å². The minimum Gasteiger partial charge on any atom is -0.492 e. The number of carboxylic acids is 1. The fourth-order valence-electron chi connectivity index (χ4n) is 5.50. The number of carbonyl (C=O) groups excluding carboxylic acids is 2. The summed E-state index contributed by atoms with van der Waals surface area (Å²) in [6, 6.07) is 12.2. The molecule has 1 aromatic heterocycles. The molecule has 5 rings (SSSR count). The number of aromatic carboxylic acids is 1. The lowest BCUT2D eigenvalue weighted by molar-refractivity contribution is -0.134. The second-order valence-corrected chi connectivity index (χ2v) is 12.1. The maximum atomic E-state index is 14.0.